The monoisotopic (exact) mass is 574 g/mol. The number of nitrogens with one attached hydrogen (secondary N) is 2. The number of rotatable bonds is 6. The molecule has 3 aromatic carbocycles. The number of hydrogen-bond acceptors (Lipinski definition) is 4. The summed E-state index contributed by atoms with van der Waals surface area (Å²) in [6.45, 7) is 1.45. The van der Waals surface area contributed by atoms with E-state index in [-0.39, 0.29) is 12.3 Å². The Hall–Kier alpha value is -4.02. The van der Waals surface area contributed by atoms with Gasteiger partial charge in [-0.1, -0.05) is 59.6 Å². The van der Waals surface area contributed by atoms with Crippen LogP contribution in [-0.4, -0.2) is 33.2 Å². The number of aromatic nitrogens is 3. The Bertz CT molecular complexity index is 1760. The smallest absolute Gasteiger partial charge is 0.421 e. The average Bonchev–Trinajstić information content (AvgIpc) is 3.28. The van der Waals surface area contributed by atoms with Gasteiger partial charge in [0.25, 0.3) is 11.5 Å². The molecule has 7 nitrogen and oxygen atoms in total. The molecule has 1 atom stereocenters. The van der Waals surface area contributed by atoms with Crippen LogP contribution < -0.4 is 15.6 Å². The first-order valence-electron chi connectivity index (χ1n) is 11.6. The van der Waals surface area contributed by atoms with Crippen LogP contribution in [0.25, 0.3) is 27.5 Å². The number of alkyl halides is 3. The molecule has 39 heavy (non-hydrogen) atoms. The van der Waals surface area contributed by atoms with Gasteiger partial charge >= 0.3 is 6.18 Å². The molecule has 0 saturated carbocycles. The molecular formula is C27H19Cl2F3N4O3. The van der Waals surface area contributed by atoms with E-state index in [0.717, 1.165) is 15.3 Å². The summed E-state index contributed by atoms with van der Waals surface area (Å²) in [6.07, 6.45) is -3.77. The number of aromatic amines is 1. The van der Waals surface area contributed by atoms with E-state index in [4.69, 9.17) is 27.9 Å². The molecule has 0 fully saturated rings. The molecular weight excluding hydrogens is 556 g/mol. The van der Waals surface area contributed by atoms with Gasteiger partial charge in [0.05, 0.1) is 17.9 Å². The highest BCUT2D eigenvalue weighted by molar-refractivity contribution is 6.34. The highest BCUT2D eigenvalue weighted by Crippen LogP contribution is 2.35. The number of H-pyrrole nitrogens is 1. The maximum absolute atomic E-state index is 14.1. The van der Waals surface area contributed by atoms with Crippen molar-refractivity contribution in [2.45, 2.75) is 19.1 Å². The number of halogens is 5. The van der Waals surface area contributed by atoms with E-state index < -0.39 is 40.5 Å². The minimum atomic E-state index is -5.02. The van der Waals surface area contributed by atoms with E-state index in [1.54, 1.807) is 12.1 Å². The number of hydrogen-bond donors (Lipinski definition) is 2. The van der Waals surface area contributed by atoms with E-state index in [9.17, 15) is 22.8 Å². The fourth-order valence-corrected chi connectivity index (χ4v) is 4.69. The van der Waals surface area contributed by atoms with Crippen molar-refractivity contribution in [3.8, 4) is 17.0 Å². The Morgan fingerprint density at radius 1 is 1.08 bits per heavy atom. The maximum Gasteiger partial charge on any atom is 0.421 e. The van der Waals surface area contributed by atoms with E-state index in [2.05, 4.69) is 15.4 Å². The number of fused-ring (bicyclic) bond motifs is 2. The molecule has 2 heterocycles. The van der Waals surface area contributed by atoms with Crippen LogP contribution in [0.15, 0.2) is 71.7 Å². The third-order valence-electron chi connectivity index (χ3n) is 5.90. The SMILES string of the molecule is CC(COc1cc(Cl)cc(Cl)c1)NC(=O)c1nn2cc(-c3ccc4ccccc4c3)[nH]c(=O)c2c1C(F)(F)F. The molecule has 2 N–H and O–H groups in total. The first-order valence-corrected chi connectivity index (χ1v) is 12.4. The number of carbonyl (C=O) groups excluding carboxylic acids is 1. The van der Waals surface area contributed by atoms with Crippen LogP contribution in [0.1, 0.15) is 23.0 Å². The fraction of sp³-hybridized carbons (Fsp3) is 0.148. The van der Waals surface area contributed by atoms with E-state index in [1.165, 1.54) is 31.3 Å². The van der Waals surface area contributed by atoms with Crippen LogP contribution in [0.5, 0.6) is 5.75 Å². The third-order valence-corrected chi connectivity index (χ3v) is 6.33. The highest BCUT2D eigenvalue weighted by Gasteiger charge is 2.41. The van der Waals surface area contributed by atoms with Crippen molar-refractivity contribution in [2.75, 3.05) is 6.61 Å². The van der Waals surface area contributed by atoms with Crippen molar-refractivity contribution in [1.29, 1.82) is 0 Å². The zero-order valence-electron chi connectivity index (χ0n) is 20.1. The Kier molecular flexibility index (Phi) is 7.00. The summed E-state index contributed by atoms with van der Waals surface area (Å²) in [5, 5.41) is 8.81. The van der Waals surface area contributed by atoms with Gasteiger partial charge in [-0.05, 0) is 42.0 Å². The first-order chi connectivity index (χ1) is 18.5. The van der Waals surface area contributed by atoms with Crippen LogP contribution in [-0.2, 0) is 6.18 Å². The van der Waals surface area contributed by atoms with Crippen molar-refractivity contribution in [2.24, 2.45) is 0 Å². The first kappa shape index (κ1) is 26.6. The Labute approximate surface area is 229 Å². The molecule has 200 valence electrons. The van der Waals surface area contributed by atoms with Crippen LogP contribution >= 0.6 is 23.2 Å². The van der Waals surface area contributed by atoms with E-state index in [1.807, 2.05) is 30.3 Å². The van der Waals surface area contributed by atoms with Crippen molar-refractivity contribution < 1.29 is 22.7 Å². The van der Waals surface area contributed by atoms with Crippen LogP contribution in [0.4, 0.5) is 13.2 Å². The summed E-state index contributed by atoms with van der Waals surface area (Å²) >= 11 is 11.9. The lowest BCUT2D eigenvalue weighted by molar-refractivity contribution is -0.136. The zero-order valence-corrected chi connectivity index (χ0v) is 21.7. The average molecular weight is 575 g/mol. The summed E-state index contributed by atoms with van der Waals surface area (Å²) in [7, 11) is 0. The van der Waals surface area contributed by atoms with Gasteiger partial charge < -0.3 is 15.0 Å². The molecule has 0 bridgehead atoms. The largest absolute Gasteiger partial charge is 0.491 e. The third kappa shape index (κ3) is 5.57. The number of benzene rings is 3. The molecule has 0 radical (unpaired) electrons. The van der Waals surface area contributed by atoms with Crippen LogP contribution in [0.3, 0.4) is 0 Å². The van der Waals surface area contributed by atoms with Crippen molar-refractivity contribution in [3.63, 3.8) is 0 Å². The minimum Gasteiger partial charge on any atom is -0.491 e. The summed E-state index contributed by atoms with van der Waals surface area (Å²) in [5.41, 5.74) is -3.37. The summed E-state index contributed by atoms with van der Waals surface area (Å²) in [4.78, 5) is 28.3. The quantitative estimate of drug-likeness (QED) is 0.247. The van der Waals surface area contributed by atoms with Gasteiger partial charge in [-0.3, -0.25) is 9.59 Å². The van der Waals surface area contributed by atoms with Crippen molar-refractivity contribution in [1.82, 2.24) is 19.9 Å². The lowest BCUT2D eigenvalue weighted by atomic mass is 10.1. The molecule has 0 spiro atoms. The predicted octanol–water partition coefficient (Wildman–Crippen LogP) is 6.37. The molecule has 1 unspecified atom stereocenters. The van der Waals surface area contributed by atoms with Gasteiger partial charge in [0.2, 0.25) is 0 Å². The molecule has 1 amide bonds. The Morgan fingerprint density at radius 2 is 1.77 bits per heavy atom. The van der Waals surface area contributed by atoms with Gasteiger partial charge in [-0.15, -0.1) is 0 Å². The number of carbonyl (C=O) groups is 1. The molecule has 12 heteroatoms. The summed E-state index contributed by atoms with van der Waals surface area (Å²) in [6, 6.07) is 16.7. The molecule has 0 saturated heterocycles. The summed E-state index contributed by atoms with van der Waals surface area (Å²) < 4.78 is 48.6. The standard InChI is InChI=1S/C27H19Cl2F3N4O3/c1-14(13-39-20-10-18(28)9-19(29)11-20)33-25(37)23-22(27(30,31)32)24-26(38)34-21(12-36(24)35-23)17-7-6-15-4-2-3-5-16(15)8-17/h2-12,14H,13H2,1H3,(H,33,37)(H,34,38). The number of amides is 1. The second-order valence-electron chi connectivity index (χ2n) is 8.86. The van der Waals surface area contributed by atoms with Crippen LogP contribution in [0.2, 0.25) is 10.0 Å². The lowest BCUT2D eigenvalue weighted by Gasteiger charge is -2.15. The molecule has 5 rings (SSSR count). The molecule has 2 aromatic heterocycles. The number of nitrogens with zero attached hydrogens (tertiary/aromatic N) is 2. The molecule has 0 aliphatic rings. The van der Waals surface area contributed by atoms with Gasteiger partial charge in [-0.25, -0.2) is 4.52 Å². The number of ether oxygens (including phenoxy) is 1. The van der Waals surface area contributed by atoms with Gasteiger partial charge in [-0.2, -0.15) is 18.3 Å². The molecule has 5 aromatic rings. The summed E-state index contributed by atoms with van der Waals surface area (Å²) in [5.74, 6) is -0.789. The maximum atomic E-state index is 14.1. The van der Waals surface area contributed by atoms with E-state index in [0.29, 0.717) is 21.4 Å². The van der Waals surface area contributed by atoms with Crippen molar-refractivity contribution in [3.05, 3.63) is 98.5 Å². The van der Waals surface area contributed by atoms with Crippen molar-refractivity contribution >= 4 is 45.4 Å². The van der Waals surface area contributed by atoms with Gasteiger partial charge in [0.15, 0.2) is 5.69 Å². The molecule has 0 aliphatic carbocycles. The van der Waals surface area contributed by atoms with Crippen LogP contribution in [0, 0.1) is 0 Å². The van der Waals surface area contributed by atoms with E-state index >= 15 is 0 Å². The van der Waals surface area contributed by atoms with Gasteiger partial charge in [0, 0.05) is 15.6 Å². The van der Waals surface area contributed by atoms with Gasteiger partial charge in [0.1, 0.15) is 23.4 Å². The fourth-order valence-electron chi connectivity index (χ4n) is 4.18. The Balaban J connectivity index is 1.46. The predicted molar refractivity (Wildman–Crippen MR) is 143 cm³/mol. The second kappa shape index (κ2) is 10.3. The zero-order chi connectivity index (χ0) is 27.9. The topological polar surface area (TPSA) is 88.5 Å². The Morgan fingerprint density at radius 3 is 2.46 bits per heavy atom. The molecule has 0 aliphatic heterocycles. The normalized spacial score (nSPS) is 12.6. The lowest BCUT2D eigenvalue weighted by Crippen LogP contribution is -2.37. The minimum absolute atomic E-state index is 0.0934. The second-order valence-corrected chi connectivity index (χ2v) is 9.74. The highest BCUT2D eigenvalue weighted by atomic mass is 35.5.